The Morgan fingerprint density at radius 1 is 0.951 bits per heavy atom. The lowest BCUT2D eigenvalue weighted by Gasteiger charge is -2.43. The largest absolute Gasteiger partial charge is 0.497 e. The Kier molecular flexibility index (Phi) is 9.06. The molecule has 9 heteroatoms. The van der Waals surface area contributed by atoms with Gasteiger partial charge in [-0.15, -0.1) is 0 Å². The van der Waals surface area contributed by atoms with Gasteiger partial charge in [0, 0.05) is 37.8 Å². The van der Waals surface area contributed by atoms with Gasteiger partial charge in [-0.2, -0.15) is 0 Å². The van der Waals surface area contributed by atoms with Crippen molar-refractivity contribution in [2.45, 2.75) is 18.9 Å². The lowest BCUT2D eigenvalue weighted by molar-refractivity contribution is -0.119. The minimum absolute atomic E-state index is 0.0844. The van der Waals surface area contributed by atoms with Gasteiger partial charge in [0.05, 0.1) is 51.7 Å². The molecule has 2 heterocycles. The fourth-order valence-electron chi connectivity index (χ4n) is 5.61. The Hall–Kier alpha value is -4.08. The summed E-state index contributed by atoms with van der Waals surface area (Å²) in [6, 6.07) is 19.8. The number of hydrogen-bond acceptors (Lipinski definition) is 7. The molecule has 0 aromatic heterocycles. The van der Waals surface area contributed by atoms with Crippen molar-refractivity contribution >= 4 is 17.5 Å². The number of anilines is 1. The minimum Gasteiger partial charge on any atom is -0.497 e. The van der Waals surface area contributed by atoms with E-state index in [0.29, 0.717) is 61.2 Å². The maximum atomic E-state index is 14.3. The Labute approximate surface area is 240 Å². The molecule has 5 rings (SSSR count). The number of morpholine rings is 1. The van der Waals surface area contributed by atoms with E-state index in [1.54, 1.807) is 32.4 Å². The molecule has 0 spiro atoms. The van der Waals surface area contributed by atoms with Gasteiger partial charge in [0.2, 0.25) is 5.91 Å². The first-order valence-corrected chi connectivity index (χ1v) is 14.0. The molecule has 1 saturated heterocycles. The first-order chi connectivity index (χ1) is 20.0. The number of rotatable bonds is 10. The molecule has 1 N–H and O–H groups in total. The molecule has 41 heavy (non-hydrogen) atoms. The van der Waals surface area contributed by atoms with E-state index >= 15 is 0 Å². The molecule has 0 saturated carbocycles. The van der Waals surface area contributed by atoms with Crippen molar-refractivity contribution in [3.8, 4) is 17.2 Å². The summed E-state index contributed by atoms with van der Waals surface area (Å²) >= 11 is 0. The lowest BCUT2D eigenvalue weighted by Crippen LogP contribution is -2.49. The second kappa shape index (κ2) is 13.1. The van der Waals surface area contributed by atoms with E-state index in [9.17, 15) is 9.59 Å². The molecule has 9 nitrogen and oxygen atoms in total. The molecule has 0 radical (unpaired) electrons. The van der Waals surface area contributed by atoms with E-state index in [-0.39, 0.29) is 11.8 Å². The number of methoxy groups -OCH3 is 2. The zero-order valence-corrected chi connectivity index (χ0v) is 23.8. The molecular formula is C32H37N3O6. The average Bonchev–Trinajstić information content (AvgIpc) is 3.01. The second-order valence-corrected chi connectivity index (χ2v) is 10.0. The molecule has 3 aromatic carbocycles. The van der Waals surface area contributed by atoms with Gasteiger partial charge in [0.1, 0.15) is 17.2 Å². The van der Waals surface area contributed by atoms with Gasteiger partial charge in [-0.05, 0) is 48.4 Å². The van der Waals surface area contributed by atoms with Crippen molar-refractivity contribution < 1.29 is 28.5 Å². The zero-order chi connectivity index (χ0) is 28.8. The predicted molar refractivity (Wildman–Crippen MR) is 156 cm³/mol. The van der Waals surface area contributed by atoms with Crippen molar-refractivity contribution in [2.24, 2.45) is 0 Å². The Balaban J connectivity index is 1.55. The highest BCUT2D eigenvalue weighted by Crippen LogP contribution is 2.44. The van der Waals surface area contributed by atoms with Gasteiger partial charge in [-0.25, -0.2) is 0 Å². The highest BCUT2D eigenvalue weighted by Gasteiger charge is 2.44. The van der Waals surface area contributed by atoms with E-state index in [2.05, 4.69) is 10.2 Å². The summed E-state index contributed by atoms with van der Waals surface area (Å²) in [4.78, 5) is 32.5. The third kappa shape index (κ3) is 6.16. The summed E-state index contributed by atoms with van der Waals surface area (Å²) in [6.45, 7) is 6.62. The number of benzene rings is 3. The van der Waals surface area contributed by atoms with Gasteiger partial charge in [0.25, 0.3) is 5.91 Å². The molecule has 1 fully saturated rings. The van der Waals surface area contributed by atoms with Crippen LogP contribution in [0.5, 0.6) is 17.2 Å². The van der Waals surface area contributed by atoms with Crippen LogP contribution in [0.15, 0.2) is 66.7 Å². The standard InChI is InChI=1S/C32H37N3O6/c1-4-41-23-11-9-22(10-12-23)30-29(31(36)33-27-14-13-24(38-2)21-28(27)39-3)25-7-5-6-8-26(25)32(37)35(30)16-15-34-17-19-40-20-18-34/h5-14,21,29-30H,4,15-20H2,1-3H3,(H,33,36). The van der Waals surface area contributed by atoms with Gasteiger partial charge >= 0.3 is 0 Å². The predicted octanol–water partition coefficient (Wildman–Crippen LogP) is 4.35. The monoisotopic (exact) mass is 559 g/mol. The summed E-state index contributed by atoms with van der Waals surface area (Å²) in [5.74, 6) is 0.859. The number of nitrogens with one attached hydrogen (secondary N) is 1. The smallest absolute Gasteiger partial charge is 0.254 e. The Bertz CT molecular complexity index is 1360. The van der Waals surface area contributed by atoms with Crippen molar-refractivity contribution in [2.75, 3.05) is 65.5 Å². The molecule has 2 unspecified atom stereocenters. The fraction of sp³-hybridized carbons (Fsp3) is 0.375. The first kappa shape index (κ1) is 28.4. The van der Waals surface area contributed by atoms with E-state index in [4.69, 9.17) is 18.9 Å². The van der Waals surface area contributed by atoms with Crippen LogP contribution >= 0.6 is 0 Å². The van der Waals surface area contributed by atoms with Crippen LogP contribution < -0.4 is 19.5 Å². The van der Waals surface area contributed by atoms with Crippen molar-refractivity contribution in [3.63, 3.8) is 0 Å². The quantitative estimate of drug-likeness (QED) is 0.395. The number of amides is 2. The number of hydrogen-bond donors (Lipinski definition) is 1. The van der Waals surface area contributed by atoms with Crippen LogP contribution in [-0.4, -0.2) is 81.8 Å². The lowest BCUT2D eigenvalue weighted by atomic mass is 9.79. The molecule has 2 amide bonds. The fourth-order valence-corrected chi connectivity index (χ4v) is 5.61. The maximum absolute atomic E-state index is 14.3. The minimum atomic E-state index is -0.668. The van der Waals surface area contributed by atoms with Crippen LogP contribution in [-0.2, 0) is 9.53 Å². The molecule has 0 bridgehead atoms. The maximum Gasteiger partial charge on any atom is 0.254 e. The summed E-state index contributed by atoms with van der Waals surface area (Å²) in [5, 5.41) is 3.09. The average molecular weight is 560 g/mol. The van der Waals surface area contributed by atoms with E-state index < -0.39 is 12.0 Å². The molecule has 2 aliphatic rings. The molecule has 2 aliphatic heterocycles. The normalized spacial score (nSPS) is 18.9. The van der Waals surface area contributed by atoms with Gasteiger partial charge < -0.3 is 29.2 Å². The zero-order valence-electron chi connectivity index (χ0n) is 23.8. The third-order valence-corrected chi connectivity index (χ3v) is 7.68. The van der Waals surface area contributed by atoms with Crippen LogP contribution in [0.2, 0.25) is 0 Å². The van der Waals surface area contributed by atoms with Crippen molar-refractivity contribution in [3.05, 3.63) is 83.4 Å². The SMILES string of the molecule is CCOc1ccc(C2C(C(=O)Nc3ccc(OC)cc3OC)c3ccccc3C(=O)N2CCN2CCOCC2)cc1. The van der Waals surface area contributed by atoms with Crippen LogP contribution in [0.3, 0.4) is 0 Å². The molecule has 216 valence electrons. The van der Waals surface area contributed by atoms with Crippen LogP contribution in [0.1, 0.15) is 40.4 Å². The van der Waals surface area contributed by atoms with Gasteiger partial charge in [-0.3, -0.25) is 14.5 Å². The highest BCUT2D eigenvalue weighted by atomic mass is 16.5. The van der Waals surface area contributed by atoms with Crippen molar-refractivity contribution in [1.82, 2.24) is 9.80 Å². The third-order valence-electron chi connectivity index (χ3n) is 7.68. The number of ether oxygens (including phenoxy) is 4. The number of nitrogens with zero attached hydrogens (tertiary/aromatic N) is 2. The molecular weight excluding hydrogens is 522 g/mol. The summed E-state index contributed by atoms with van der Waals surface area (Å²) in [6.07, 6.45) is 0. The van der Waals surface area contributed by atoms with Gasteiger partial charge in [0.15, 0.2) is 0 Å². The van der Waals surface area contributed by atoms with Crippen LogP contribution in [0, 0.1) is 0 Å². The molecule has 2 atom stereocenters. The van der Waals surface area contributed by atoms with Gasteiger partial charge in [-0.1, -0.05) is 30.3 Å². The summed E-state index contributed by atoms with van der Waals surface area (Å²) in [7, 11) is 3.13. The Morgan fingerprint density at radius 3 is 2.39 bits per heavy atom. The Morgan fingerprint density at radius 2 is 1.68 bits per heavy atom. The van der Waals surface area contributed by atoms with Crippen molar-refractivity contribution in [1.29, 1.82) is 0 Å². The number of fused-ring (bicyclic) bond motifs is 1. The number of carbonyl (C=O) groups excluding carboxylic acids is 2. The summed E-state index contributed by atoms with van der Waals surface area (Å²) in [5.41, 5.74) is 2.63. The topological polar surface area (TPSA) is 89.6 Å². The van der Waals surface area contributed by atoms with E-state index in [0.717, 1.165) is 24.4 Å². The van der Waals surface area contributed by atoms with Crippen LogP contribution in [0.4, 0.5) is 5.69 Å². The van der Waals surface area contributed by atoms with Crippen LogP contribution in [0.25, 0.3) is 0 Å². The summed E-state index contributed by atoms with van der Waals surface area (Å²) < 4.78 is 22.1. The highest BCUT2D eigenvalue weighted by molar-refractivity contribution is 6.04. The second-order valence-electron chi connectivity index (χ2n) is 10.0. The molecule has 0 aliphatic carbocycles. The first-order valence-electron chi connectivity index (χ1n) is 14.0. The molecule has 3 aromatic rings. The van der Waals surface area contributed by atoms with E-state index in [1.165, 1.54) is 0 Å². The number of carbonyl (C=O) groups is 2. The van der Waals surface area contributed by atoms with E-state index in [1.807, 2.05) is 60.4 Å².